The van der Waals surface area contributed by atoms with Crippen LogP contribution < -0.4 is 5.73 Å². The van der Waals surface area contributed by atoms with Gasteiger partial charge in [-0.15, -0.1) is 0 Å². The van der Waals surface area contributed by atoms with Crippen LogP contribution in [-0.2, 0) is 9.47 Å². The first-order chi connectivity index (χ1) is 7.29. The molecule has 0 saturated heterocycles. The molecule has 88 valence electrons. The predicted octanol–water partition coefficient (Wildman–Crippen LogP) is 1.41. The molecule has 2 fully saturated rings. The molecule has 2 saturated carbocycles. The van der Waals surface area contributed by atoms with Crippen molar-refractivity contribution in [2.24, 2.45) is 23.0 Å². The lowest BCUT2D eigenvalue weighted by atomic mass is 9.80. The maximum Gasteiger partial charge on any atom is 0.0700 e. The molecule has 0 aliphatic heterocycles. The quantitative estimate of drug-likeness (QED) is 0.650. The Labute approximate surface area is 92.3 Å². The van der Waals surface area contributed by atoms with E-state index >= 15 is 0 Å². The summed E-state index contributed by atoms with van der Waals surface area (Å²) in [5, 5.41) is 0. The van der Waals surface area contributed by atoms with Crippen molar-refractivity contribution in [3.8, 4) is 0 Å². The molecule has 0 bridgehead atoms. The Morgan fingerprint density at radius 1 is 1.20 bits per heavy atom. The first-order valence-corrected chi connectivity index (χ1v) is 6.06. The Morgan fingerprint density at radius 2 is 1.93 bits per heavy atom. The van der Waals surface area contributed by atoms with Crippen LogP contribution in [0, 0.1) is 17.3 Å². The van der Waals surface area contributed by atoms with E-state index in [2.05, 4.69) is 0 Å². The second kappa shape index (κ2) is 4.81. The van der Waals surface area contributed by atoms with E-state index in [4.69, 9.17) is 15.2 Å². The maximum absolute atomic E-state index is 5.91. The van der Waals surface area contributed by atoms with Gasteiger partial charge in [-0.1, -0.05) is 0 Å². The fourth-order valence-electron chi connectivity index (χ4n) is 3.01. The molecule has 0 radical (unpaired) electrons. The van der Waals surface area contributed by atoms with Gasteiger partial charge in [-0.2, -0.15) is 0 Å². The van der Waals surface area contributed by atoms with Crippen LogP contribution in [0.1, 0.15) is 25.7 Å². The van der Waals surface area contributed by atoms with Crippen molar-refractivity contribution < 1.29 is 9.47 Å². The summed E-state index contributed by atoms with van der Waals surface area (Å²) in [5.74, 6) is 2.01. The number of hydrogen-bond donors (Lipinski definition) is 1. The zero-order valence-corrected chi connectivity index (χ0v) is 9.71. The van der Waals surface area contributed by atoms with E-state index in [9.17, 15) is 0 Å². The van der Waals surface area contributed by atoms with Gasteiger partial charge in [0, 0.05) is 13.7 Å². The molecule has 3 nitrogen and oxygen atoms in total. The highest BCUT2D eigenvalue weighted by Crippen LogP contribution is 2.60. The molecular formula is C12H23NO2. The third-order valence-electron chi connectivity index (χ3n) is 4.10. The summed E-state index contributed by atoms with van der Waals surface area (Å²) in [6.07, 6.45) is 5.30. The second-order valence-electron chi connectivity index (χ2n) is 5.22. The summed E-state index contributed by atoms with van der Waals surface area (Å²) in [7, 11) is 1.70. The fraction of sp³-hybridized carbons (Fsp3) is 1.00. The van der Waals surface area contributed by atoms with Crippen LogP contribution in [0.2, 0.25) is 0 Å². The molecule has 2 aliphatic rings. The average Bonchev–Trinajstić information content (AvgIpc) is 2.87. The Balaban J connectivity index is 1.63. The monoisotopic (exact) mass is 213 g/mol. The lowest BCUT2D eigenvalue weighted by Crippen LogP contribution is -2.30. The van der Waals surface area contributed by atoms with Gasteiger partial charge in [-0.25, -0.2) is 0 Å². The summed E-state index contributed by atoms with van der Waals surface area (Å²) in [6, 6.07) is 0. The highest BCUT2D eigenvalue weighted by atomic mass is 16.5. The molecule has 2 atom stereocenters. The van der Waals surface area contributed by atoms with E-state index in [1.54, 1.807) is 7.11 Å². The molecule has 2 unspecified atom stereocenters. The zero-order chi connectivity index (χ0) is 10.7. The Bertz CT molecular complexity index is 198. The van der Waals surface area contributed by atoms with Crippen LogP contribution in [0.25, 0.3) is 0 Å². The van der Waals surface area contributed by atoms with E-state index in [0.717, 1.165) is 31.4 Å². The highest BCUT2D eigenvalue weighted by molar-refractivity contribution is 5.03. The Hall–Kier alpha value is -0.120. The smallest absolute Gasteiger partial charge is 0.0700 e. The van der Waals surface area contributed by atoms with Crippen molar-refractivity contribution in [2.45, 2.75) is 25.7 Å². The molecule has 3 heteroatoms. The van der Waals surface area contributed by atoms with Crippen molar-refractivity contribution in [1.82, 2.24) is 0 Å². The van der Waals surface area contributed by atoms with Gasteiger partial charge in [-0.3, -0.25) is 0 Å². The molecule has 0 spiro atoms. The van der Waals surface area contributed by atoms with E-state index in [1.807, 2.05) is 0 Å². The molecule has 0 amide bonds. The van der Waals surface area contributed by atoms with Crippen molar-refractivity contribution in [3.63, 3.8) is 0 Å². The minimum Gasteiger partial charge on any atom is -0.382 e. The van der Waals surface area contributed by atoms with Gasteiger partial charge in [0.05, 0.1) is 13.2 Å². The minimum atomic E-state index is 0.417. The highest BCUT2D eigenvalue weighted by Gasteiger charge is 2.52. The second-order valence-corrected chi connectivity index (χ2v) is 5.22. The van der Waals surface area contributed by atoms with Crippen molar-refractivity contribution in [3.05, 3.63) is 0 Å². The molecule has 2 N–H and O–H groups in total. The molecule has 2 aliphatic carbocycles. The summed E-state index contributed by atoms with van der Waals surface area (Å²) in [6.45, 7) is 3.10. The van der Waals surface area contributed by atoms with Gasteiger partial charge in [0.1, 0.15) is 0 Å². The van der Waals surface area contributed by atoms with E-state index < -0.39 is 0 Å². The zero-order valence-electron chi connectivity index (χ0n) is 9.71. The summed E-state index contributed by atoms with van der Waals surface area (Å²) in [5.41, 5.74) is 6.33. The molecule has 0 aromatic heterocycles. The number of methoxy groups -OCH3 is 1. The van der Waals surface area contributed by atoms with Crippen LogP contribution in [0.4, 0.5) is 0 Å². The van der Waals surface area contributed by atoms with Crippen molar-refractivity contribution in [2.75, 3.05) is 33.5 Å². The Morgan fingerprint density at radius 3 is 2.53 bits per heavy atom. The lowest BCUT2D eigenvalue weighted by molar-refractivity contribution is 0.0507. The van der Waals surface area contributed by atoms with Crippen molar-refractivity contribution >= 4 is 0 Å². The summed E-state index contributed by atoms with van der Waals surface area (Å²) in [4.78, 5) is 0. The van der Waals surface area contributed by atoms with Crippen LogP contribution >= 0.6 is 0 Å². The van der Waals surface area contributed by atoms with Gasteiger partial charge in [0.15, 0.2) is 0 Å². The predicted molar refractivity (Wildman–Crippen MR) is 59.6 cm³/mol. The van der Waals surface area contributed by atoms with Crippen LogP contribution in [0.15, 0.2) is 0 Å². The van der Waals surface area contributed by atoms with Crippen molar-refractivity contribution in [1.29, 1.82) is 0 Å². The average molecular weight is 213 g/mol. The maximum atomic E-state index is 5.91. The Kier molecular flexibility index (Phi) is 3.65. The van der Waals surface area contributed by atoms with E-state index in [0.29, 0.717) is 18.6 Å². The first kappa shape index (κ1) is 11.4. The van der Waals surface area contributed by atoms with Gasteiger partial charge in [0.25, 0.3) is 0 Å². The first-order valence-electron chi connectivity index (χ1n) is 6.06. The van der Waals surface area contributed by atoms with E-state index in [1.165, 1.54) is 19.3 Å². The standard InChI is InChI=1S/C12H23NO2/c1-14-4-5-15-3-2-12(9-13)7-10-6-11(10)8-12/h10-11H,2-9,13H2,1H3. The van der Waals surface area contributed by atoms with Crippen LogP contribution in [0.5, 0.6) is 0 Å². The number of fused-ring (bicyclic) bond motifs is 1. The molecule has 15 heavy (non-hydrogen) atoms. The number of rotatable bonds is 7. The van der Waals surface area contributed by atoms with Crippen LogP contribution in [0.3, 0.4) is 0 Å². The minimum absolute atomic E-state index is 0.417. The SMILES string of the molecule is COCCOCCC1(CN)CC2CC2C1. The van der Waals surface area contributed by atoms with E-state index in [-0.39, 0.29) is 0 Å². The largest absolute Gasteiger partial charge is 0.382 e. The van der Waals surface area contributed by atoms with Gasteiger partial charge >= 0.3 is 0 Å². The van der Waals surface area contributed by atoms with Gasteiger partial charge in [0.2, 0.25) is 0 Å². The third kappa shape index (κ3) is 2.71. The third-order valence-corrected chi connectivity index (χ3v) is 4.10. The molecule has 0 heterocycles. The normalized spacial score (nSPS) is 38.0. The molecular weight excluding hydrogens is 190 g/mol. The topological polar surface area (TPSA) is 44.5 Å². The molecule has 0 aromatic rings. The van der Waals surface area contributed by atoms with Gasteiger partial charge in [-0.05, 0) is 49.5 Å². The summed E-state index contributed by atoms with van der Waals surface area (Å²) >= 11 is 0. The number of hydrogen-bond acceptors (Lipinski definition) is 3. The number of ether oxygens (including phenoxy) is 2. The molecule has 2 rings (SSSR count). The van der Waals surface area contributed by atoms with Gasteiger partial charge < -0.3 is 15.2 Å². The fourth-order valence-corrected chi connectivity index (χ4v) is 3.01. The molecule has 0 aromatic carbocycles. The summed E-state index contributed by atoms with van der Waals surface area (Å²) < 4.78 is 10.5. The number of nitrogens with two attached hydrogens (primary N) is 1. The lowest BCUT2D eigenvalue weighted by Gasteiger charge is -2.29. The van der Waals surface area contributed by atoms with Crippen LogP contribution in [-0.4, -0.2) is 33.5 Å².